The zero-order valence-corrected chi connectivity index (χ0v) is 11.3. The zero-order chi connectivity index (χ0) is 12.3. The number of halogens is 2. The first-order chi connectivity index (χ1) is 7.34. The average Bonchev–Trinajstić information content (AvgIpc) is 2.16. The van der Waals surface area contributed by atoms with Gasteiger partial charge >= 0.3 is 0 Å². The Bertz CT molecular complexity index is 464. The summed E-state index contributed by atoms with van der Waals surface area (Å²) in [4.78, 5) is 3.41. The summed E-state index contributed by atoms with van der Waals surface area (Å²) in [7, 11) is -2.21. The van der Waals surface area contributed by atoms with E-state index in [4.69, 9.17) is 0 Å². The lowest BCUT2D eigenvalue weighted by atomic mass is 10.5. The molecule has 1 aromatic heterocycles. The van der Waals surface area contributed by atoms with Gasteiger partial charge in [0.2, 0.25) is 10.0 Å². The number of hydrogen-bond acceptors (Lipinski definition) is 3. The molecule has 0 aliphatic rings. The van der Waals surface area contributed by atoms with Crippen LogP contribution in [0, 0.1) is 5.82 Å². The molecule has 0 aliphatic heterocycles. The van der Waals surface area contributed by atoms with Crippen LogP contribution in [0.5, 0.6) is 0 Å². The topological polar surface area (TPSA) is 50.3 Å². The van der Waals surface area contributed by atoms with Crippen molar-refractivity contribution in [2.45, 2.75) is 16.6 Å². The summed E-state index contributed by atoms with van der Waals surface area (Å²) in [5.41, 5.74) is 0. The van der Waals surface area contributed by atoms with Crippen molar-refractivity contribution in [1.82, 2.24) is 9.29 Å². The van der Waals surface area contributed by atoms with E-state index in [1.807, 2.05) is 6.92 Å². The molecule has 0 N–H and O–H groups in total. The lowest BCUT2D eigenvalue weighted by molar-refractivity contribution is 0.472. The van der Waals surface area contributed by atoms with Crippen LogP contribution in [0.25, 0.3) is 0 Å². The highest BCUT2D eigenvalue weighted by atomic mass is 79.9. The van der Waals surface area contributed by atoms with Crippen molar-refractivity contribution >= 4 is 26.0 Å². The van der Waals surface area contributed by atoms with Gasteiger partial charge in [-0.05, 0) is 6.07 Å². The molecule has 1 atom stereocenters. The van der Waals surface area contributed by atoms with Crippen LogP contribution >= 0.6 is 15.9 Å². The molecule has 1 unspecified atom stereocenters. The highest BCUT2D eigenvalue weighted by Crippen LogP contribution is 2.15. The van der Waals surface area contributed by atoms with Crippen molar-refractivity contribution in [3.63, 3.8) is 0 Å². The Labute approximate surface area is 103 Å². The van der Waals surface area contributed by atoms with Gasteiger partial charge < -0.3 is 0 Å². The van der Waals surface area contributed by atoms with Gasteiger partial charge in [0.25, 0.3) is 0 Å². The molecule has 0 spiro atoms. The first kappa shape index (κ1) is 13.5. The van der Waals surface area contributed by atoms with Crippen LogP contribution in [-0.4, -0.2) is 36.1 Å². The minimum Gasteiger partial charge on any atom is -0.260 e. The minimum absolute atomic E-state index is 0.0220. The van der Waals surface area contributed by atoms with E-state index < -0.39 is 15.8 Å². The van der Waals surface area contributed by atoms with E-state index in [1.165, 1.54) is 7.05 Å². The van der Waals surface area contributed by atoms with Crippen molar-refractivity contribution in [2.75, 3.05) is 13.6 Å². The summed E-state index contributed by atoms with van der Waals surface area (Å²) in [5.74, 6) is -0.665. The molecule has 1 rings (SSSR count). The Kier molecular flexibility index (Phi) is 4.40. The predicted octanol–water partition coefficient (Wildman–Crippen LogP) is 1.62. The van der Waals surface area contributed by atoms with E-state index in [0.717, 1.165) is 22.8 Å². The predicted molar refractivity (Wildman–Crippen MR) is 62.4 cm³/mol. The Morgan fingerprint density at radius 2 is 2.19 bits per heavy atom. The quantitative estimate of drug-likeness (QED) is 0.794. The zero-order valence-electron chi connectivity index (χ0n) is 8.89. The summed E-state index contributed by atoms with van der Waals surface area (Å²) >= 11 is 3.26. The number of pyridine rings is 1. The number of hydrogen-bond donors (Lipinski definition) is 0. The third-order valence-electron chi connectivity index (χ3n) is 1.90. The molecule has 0 fully saturated rings. The molecule has 0 bridgehead atoms. The van der Waals surface area contributed by atoms with Crippen LogP contribution < -0.4 is 0 Å². The van der Waals surface area contributed by atoms with Crippen LogP contribution in [-0.2, 0) is 10.0 Å². The van der Waals surface area contributed by atoms with E-state index in [1.54, 1.807) is 0 Å². The highest BCUT2D eigenvalue weighted by Gasteiger charge is 2.22. The van der Waals surface area contributed by atoms with Crippen LogP contribution in [0.15, 0.2) is 23.4 Å². The summed E-state index contributed by atoms with van der Waals surface area (Å²) in [6.07, 6.45) is 2.10. The number of sulfonamides is 1. The molecule has 0 aliphatic carbocycles. The van der Waals surface area contributed by atoms with E-state index >= 15 is 0 Å². The summed E-state index contributed by atoms with van der Waals surface area (Å²) in [5, 5.41) is 0. The fourth-order valence-electron chi connectivity index (χ4n) is 1.17. The normalized spacial score (nSPS) is 14.1. The molecule has 90 valence electrons. The maximum Gasteiger partial charge on any atom is 0.244 e. The van der Waals surface area contributed by atoms with Gasteiger partial charge in [0, 0.05) is 24.6 Å². The fourth-order valence-corrected chi connectivity index (χ4v) is 3.03. The van der Waals surface area contributed by atoms with Crippen LogP contribution in [0.3, 0.4) is 0 Å². The standard InChI is InChI=1S/C9H12BrFN2O2S/c1-7(10)6-13(2)16(14,15)9-3-8(11)4-12-5-9/h3-5,7H,6H2,1-2H3. The molecule has 0 saturated heterocycles. The first-order valence-corrected chi connectivity index (χ1v) is 6.90. The SMILES string of the molecule is CC(Br)CN(C)S(=O)(=O)c1cncc(F)c1. The van der Waals surface area contributed by atoms with Crippen LogP contribution in [0.1, 0.15) is 6.92 Å². The molecule has 7 heteroatoms. The summed E-state index contributed by atoms with van der Waals surface area (Å²) in [6.45, 7) is 2.13. The highest BCUT2D eigenvalue weighted by molar-refractivity contribution is 9.09. The molecule has 4 nitrogen and oxygen atoms in total. The summed E-state index contributed by atoms with van der Waals surface area (Å²) in [6, 6.07) is 0.956. The monoisotopic (exact) mass is 310 g/mol. The number of aromatic nitrogens is 1. The Hall–Kier alpha value is -0.530. The molecule has 0 aromatic carbocycles. The van der Waals surface area contributed by atoms with Gasteiger partial charge in [0.05, 0.1) is 6.20 Å². The van der Waals surface area contributed by atoms with E-state index in [-0.39, 0.29) is 9.72 Å². The minimum atomic E-state index is -3.66. The maximum atomic E-state index is 12.9. The largest absolute Gasteiger partial charge is 0.260 e. The van der Waals surface area contributed by atoms with Gasteiger partial charge in [-0.2, -0.15) is 4.31 Å². The molecule has 1 heterocycles. The maximum absolute atomic E-state index is 12.9. The molecule has 16 heavy (non-hydrogen) atoms. The van der Waals surface area contributed by atoms with Crippen molar-refractivity contribution < 1.29 is 12.8 Å². The molecular formula is C9H12BrFN2O2S. The fraction of sp³-hybridized carbons (Fsp3) is 0.444. The summed E-state index contributed by atoms with van der Waals surface area (Å²) < 4.78 is 37.9. The van der Waals surface area contributed by atoms with Crippen molar-refractivity contribution in [1.29, 1.82) is 0 Å². The molecule has 0 amide bonds. The lowest BCUT2D eigenvalue weighted by Crippen LogP contribution is -2.31. The number of nitrogens with zero attached hydrogens (tertiary/aromatic N) is 2. The number of rotatable bonds is 4. The lowest BCUT2D eigenvalue weighted by Gasteiger charge is -2.18. The van der Waals surface area contributed by atoms with Gasteiger partial charge in [-0.3, -0.25) is 4.98 Å². The average molecular weight is 311 g/mol. The van der Waals surface area contributed by atoms with Gasteiger partial charge in [0.1, 0.15) is 10.7 Å². The van der Waals surface area contributed by atoms with Crippen LogP contribution in [0.4, 0.5) is 4.39 Å². The molecule has 1 aromatic rings. The smallest absolute Gasteiger partial charge is 0.244 e. The van der Waals surface area contributed by atoms with Gasteiger partial charge in [-0.25, -0.2) is 12.8 Å². The second-order valence-electron chi connectivity index (χ2n) is 3.41. The van der Waals surface area contributed by atoms with Crippen molar-refractivity contribution in [3.05, 3.63) is 24.3 Å². The Morgan fingerprint density at radius 3 is 2.69 bits per heavy atom. The van der Waals surface area contributed by atoms with E-state index in [0.29, 0.717) is 6.54 Å². The second kappa shape index (κ2) is 5.20. The van der Waals surface area contributed by atoms with Crippen molar-refractivity contribution in [3.8, 4) is 0 Å². The molecule has 0 radical (unpaired) electrons. The van der Waals surface area contributed by atoms with E-state index in [2.05, 4.69) is 20.9 Å². The Morgan fingerprint density at radius 1 is 1.56 bits per heavy atom. The number of alkyl halides is 1. The van der Waals surface area contributed by atoms with Gasteiger partial charge in [0.15, 0.2) is 0 Å². The third-order valence-corrected chi connectivity index (χ3v) is 3.97. The molecular weight excluding hydrogens is 299 g/mol. The molecule has 0 saturated carbocycles. The van der Waals surface area contributed by atoms with Crippen molar-refractivity contribution in [2.24, 2.45) is 0 Å². The van der Waals surface area contributed by atoms with Gasteiger partial charge in [-0.15, -0.1) is 0 Å². The van der Waals surface area contributed by atoms with Gasteiger partial charge in [-0.1, -0.05) is 22.9 Å². The first-order valence-electron chi connectivity index (χ1n) is 4.55. The second-order valence-corrected chi connectivity index (χ2v) is 7.01. The Balaban J connectivity index is 3.02. The van der Waals surface area contributed by atoms with E-state index in [9.17, 15) is 12.8 Å². The third kappa shape index (κ3) is 3.23. The van der Waals surface area contributed by atoms with Crippen LogP contribution in [0.2, 0.25) is 0 Å².